The van der Waals surface area contributed by atoms with E-state index in [1.165, 1.54) is 0 Å². The van der Waals surface area contributed by atoms with Gasteiger partial charge in [-0.3, -0.25) is 4.79 Å². The van der Waals surface area contributed by atoms with Crippen molar-refractivity contribution in [2.75, 3.05) is 13.7 Å². The van der Waals surface area contributed by atoms with Gasteiger partial charge in [-0.1, -0.05) is 12.1 Å². The molecule has 126 valence electrons. The smallest absolute Gasteiger partial charge is 0.255 e. The third kappa shape index (κ3) is 2.73. The first-order valence-corrected chi connectivity index (χ1v) is 7.74. The number of pyridine rings is 1. The number of hydrogen-bond donors (Lipinski definition) is 1. The van der Waals surface area contributed by atoms with Gasteiger partial charge in [0.1, 0.15) is 17.0 Å². The monoisotopic (exact) mass is 328 g/mol. The third-order valence-electron chi connectivity index (χ3n) is 4.12. The summed E-state index contributed by atoms with van der Waals surface area (Å²) in [5, 5.41) is 11.1. The summed E-state index contributed by atoms with van der Waals surface area (Å²) in [4.78, 5) is 12.6. The molecule has 0 bridgehead atoms. The van der Waals surface area contributed by atoms with Crippen LogP contribution in [0, 0.1) is 13.8 Å². The predicted molar refractivity (Wildman–Crippen MR) is 88.5 cm³/mol. The van der Waals surface area contributed by atoms with Gasteiger partial charge >= 0.3 is 0 Å². The van der Waals surface area contributed by atoms with Crippen LogP contribution >= 0.6 is 0 Å². The minimum atomic E-state index is -0.187. The summed E-state index contributed by atoms with van der Waals surface area (Å²) in [6.45, 7) is 6.29. The lowest BCUT2D eigenvalue weighted by molar-refractivity contribution is 0.0953. The molecule has 0 aromatic carbocycles. The van der Waals surface area contributed by atoms with Crippen molar-refractivity contribution < 1.29 is 14.1 Å². The van der Waals surface area contributed by atoms with Crippen molar-refractivity contribution in [3.05, 3.63) is 47.1 Å². The van der Waals surface area contributed by atoms with E-state index in [1.54, 1.807) is 30.1 Å². The van der Waals surface area contributed by atoms with E-state index in [2.05, 4.69) is 15.6 Å². The molecule has 1 N–H and O–H groups in total. The normalized spacial score (nSPS) is 12.3. The van der Waals surface area contributed by atoms with Crippen molar-refractivity contribution in [3.63, 3.8) is 0 Å². The molecular formula is C17H20N4O3. The number of amides is 1. The maximum absolute atomic E-state index is 12.6. The van der Waals surface area contributed by atoms with Crippen molar-refractivity contribution in [3.8, 4) is 5.75 Å². The average molecular weight is 328 g/mol. The fourth-order valence-electron chi connectivity index (χ4n) is 2.98. The topological polar surface area (TPSA) is 81.7 Å². The highest BCUT2D eigenvalue weighted by Crippen LogP contribution is 2.24. The first-order chi connectivity index (χ1) is 11.5. The first kappa shape index (κ1) is 16.0. The van der Waals surface area contributed by atoms with Gasteiger partial charge < -0.3 is 14.6 Å². The molecule has 0 saturated carbocycles. The first-order valence-electron chi connectivity index (χ1n) is 7.74. The maximum Gasteiger partial charge on any atom is 0.255 e. The summed E-state index contributed by atoms with van der Waals surface area (Å²) >= 11 is 0. The number of fused-ring (bicyclic) bond motifs is 1. The minimum Gasteiger partial charge on any atom is -0.494 e. The molecule has 1 amide bonds. The maximum atomic E-state index is 12.6. The second-order valence-corrected chi connectivity index (χ2v) is 5.78. The van der Waals surface area contributed by atoms with E-state index < -0.39 is 0 Å². The van der Waals surface area contributed by atoms with Crippen LogP contribution in [0.2, 0.25) is 0 Å². The Morgan fingerprint density at radius 1 is 1.46 bits per heavy atom. The van der Waals surface area contributed by atoms with Crippen LogP contribution in [0.15, 0.2) is 29.0 Å². The zero-order chi connectivity index (χ0) is 17.3. The van der Waals surface area contributed by atoms with E-state index in [0.717, 1.165) is 17.0 Å². The molecule has 3 aromatic heterocycles. The number of methoxy groups -OCH3 is 1. The van der Waals surface area contributed by atoms with Crippen molar-refractivity contribution >= 4 is 11.4 Å². The van der Waals surface area contributed by atoms with Gasteiger partial charge in [0.15, 0.2) is 0 Å². The standard InChI is InChI=1S/C17H20N4O3/c1-10(15-11(2)20-24-12(15)3)8-18-17(22)13-9-19-21-7-5-6-14(23-4)16(13)21/h5-7,9-10H,8H2,1-4H3,(H,18,22). The average Bonchev–Trinajstić information content (AvgIpc) is 3.15. The number of rotatable bonds is 5. The van der Waals surface area contributed by atoms with Gasteiger partial charge in [-0.05, 0) is 26.0 Å². The van der Waals surface area contributed by atoms with Gasteiger partial charge in [0.25, 0.3) is 5.91 Å². The Hall–Kier alpha value is -2.83. The van der Waals surface area contributed by atoms with E-state index in [1.807, 2.05) is 26.8 Å². The SMILES string of the molecule is COc1cccn2ncc(C(=O)NCC(C)c3c(C)noc3C)c12. The Balaban J connectivity index is 1.79. The fourth-order valence-corrected chi connectivity index (χ4v) is 2.98. The van der Waals surface area contributed by atoms with Gasteiger partial charge in [0, 0.05) is 24.2 Å². The molecule has 1 unspecified atom stereocenters. The van der Waals surface area contributed by atoms with Crippen LogP contribution in [-0.2, 0) is 0 Å². The Kier molecular flexibility index (Phi) is 4.24. The summed E-state index contributed by atoms with van der Waals surface area (Å²) in [5.74, 6) is 1.31. The molecule has 0 aliphatic rings. The summed E-state index contributed by atoms with van der Waals surface area (Å²) in [6, 6.07) is 3.63. The summed E-state index contributed by atoms with van der Waals surface area (Å²) in [6.07, 6.45) is 3.33. The number of aryl methyl sites for hydroxylation is 2. The summed E-state index contributed by atoms with van der Waals surface area (Å²) < 4.78 is 12.2. The number of ether oxygens (including phenoxy) is 1. The summed E-state index contributed by atoms with van der Waals surface area (Å²) in [5.41, 5.74) is 3.03. The molecule has 0 radical (unpaired) electrons. The van der Waals surface area contributed by atoms with Crippen LogP contribution in [0.4, 0.5) is 0 Å². The van der Waals surface area contributed by atoms with Gasteiger partial charge in [0.2, 0.25) is 0 Å². The van der Waals surface area contributed by atoms with E-state index in [-0.39, 0.29) is 11.8 Å². The number of nitrogens with one attached hydrogen (secondary N) is 1. The molecule has 0 aliphatic heterocycles. The zero-order valence-corrected chi connectivity index (χ0v) is 14.2. The van der Waals surface area contributed by atoms with Crippen molar-refractivity contribution in [1.82, 2.24) is 20.1 Å². The Morgan fingerprint density at radius 3 is 2.92 bits per heavy atom. The van der Waals surface area contributed by atoms with Gasteiger partial charge in [-0.2, -0.15) is 5.10 Å². The van der Waals surface area contributed by atoms with Crippen LogP contribution in [0.5, 0.6) is 5.75 Å². The van der Waals surface area contributed by atoms with E-state index in [9.17, 15) is 4.79 Å². The molecule has 24 heavy (non-hydrogen) atoms. The molecular weight excluding hydrogens is 308 g/mol. The second-order valence-electron chi connectivity index (χ2n) is 5.78. The van der Waals surface area contributed by atoms with E-state index in [0.29, 0.717) is 23.4 Å². The number of carbonyl (C=O) groups is 1. The second kappa shape index (κ2) is 6.35. The van der Waals surface area contributed by atoms with Crippen molar-refractivity contribution in [1.29, 1.82) is 0 Å². The van der Waals surface area contributed by atoms with Crippen LogP contribution in [0.25, 0.3) is 5.52 Å². The number of nitrogens with zero attached hydrogens (tertiary/aromatic N) is 3. The molecule has 7 nitrogen and oxygen atoms in total. The zero-order valence-electron chi connectivity index (χ0n) is 14.2. The predicted octanol–water partition coefficient (Wildman–Crippen LogP) is 2.48. The van der Waals surface area contributed by atoms with Gasteiger partial charge in [-0.15, -0.1) is 0 Å². The van der Waals surface area contributed by atoms with E-state index >= 15 is 0 Å². The van der Waals surface area contributed by atoms with Crippen LogP contribution in [0.1, 0.15) is 40.2 Å². The molecule has 3 rings (SSSR count). The van der Waals surface area contributed by atoms with Crippen LogP contribution in [0.3, 0.4) is 0 Å². The molecule has 7 heteroatoms. The van der Waals surface area contributed by atoms with Gasteiger partial charge in [-0.25, -0.2) is 4.52 Å². The molecule has 3 heterocycles. The molecule has 3 aromatic rings. The molecule has 0 spiro atoms. The fraction of sp³-hybridized carbons (Fsp3) is 0.353. The third-order valence-corrected chi connectivity index (χ3v) is 4.12. The van der Waals surface area contributed by atoms with Crippen LogP contribution in [-0.4, -0.2) is 34.3 Å². The Morgan fingerprint density at radius 2 is 2.25 bits per heavy atom. The number of carbonyl (C=O) groups excluding carboxylic acids is 1. The van der Waals surface area contributed by atoms with Crippen molar-refractivity contribution in [2.24, 2.45) is 0 Å². The number of hydrogen-bond acceptors (Lipinski definition) is 5. The lowest BCUT2D eigenvalue weighted by atomic mass is 9.99. The molecule has 0 aliphatic carbocycles. The summed E-state index contributed by atoms with van der Waals surface area (Å²) in [7, 11) is 1.57. The Bertz CT molecular complexity index is 862. The highest BCUT2D eigenvalue weighted by atomic mass is 16.5. The molecule has 0 fully saturated rings. The Labute approximate surface area is 139 Å². The van der Waals surface area contributed by atoms with Crippen LogP contribution < -0.4 is 10.1 Å². The van der Waals surface area contributed by atoms with E-state index in [4.69, 9.17) is 9.26 Å². The lowest BCUT2D eigenvalue weighted by Crippen LogP contribution is -2.27. The molecule has 1 atom stereocenters. The largest absolute Gasteiger partial charge is 0.494 e. The minimum absolute atomic E-state index is 0.101. The van der Waals surface area contributed by atoms with Crippen molar-refractivity contribution in [2.45, 2.75) is 26.7 Å². The van der Waals surface area contributed by atoms with Gasteiger partial charge in [0.05, 0.1) is 24.6 Å². The molecule has 0 saturated heterocycles. The number of aromatic nitrogens is 3. The highest BCUT2D eigenvalue weighted by molar-refractivity contribution is 6.02. The lowest BCUT2D eigenvalue weighted by Gasteiger charge is -2.12. The highest BCUT2D eigenvalue weighted by Gasteiger charge is 2.20. The quantitative estimate of drug-likeness (QED) is 0.778.